The highest BCUT2D eigenvalue weighted by molar-refractivity contribution is 5.85. The smallest absolute Gasteiger partial charge is 0.407 e. The van der Waals surface area contributed by atoms with Crippen LogP contribution in [0.15, 0.2) is 60.7 Å². The summed E-state index contributed by atoms with van der Waals surface area (Å²) in [7, 11) is 0. The van der Waals surface area contributed by atoms with Crippen molar-refractivity contribution in [2.24, 2.45) is 0 Å². The van der Waals surface area contributed by atoms with Crippen LogP contribution in [0.5, 0.6) is 5.75 Å². The molecule has 0 radical (unpaired) electrons. The molecule has 3 aromatic rings. The molecule has 0 saturated heterocycles. The lowest BCUT2D eigenvalue weighted by atomic mass is 10.0. The molecule has 152 valence electrons. The summed E-state index contributed by atoms with van der Waals surface area (Å²) >= 11 is 0. The third-order valence-corrected chi connectivity index (χ3v) is 4.42. The van der Waals surface area contributed by atoms with Crippen molar-refractivity contribution >= 4 is 22.6 Å². The first-order chi connectivity index (χ1) is 13.8. The first-order valence-electron chi connectivity index (χ1n) is 9.76. The van der Waals surface area contributed by atoms with Gasteiger partial charge in [0.1, 0.15) is 11.4 Å². The Morgan fingerprint density at radius 3 is 2.55 bits per heavy atom. The van der Waals surface area contributed by atoms with Crippen molar-refractivity contribution in [1.82, 2.24) is 5.32 Å². The summed E-state index contributed by atoms with van der Waals surface area (Å²) in [5.41, 5.74) is 8.05. The van der Waals surface area contributed by atoms with E-state index >= 15 is 0 Å². The molecule has 0 aliphatic rings. The van der Waals surface area contributed by atoms with Crippen molar-refractivity contribution in [3.63, 3.8) is 0 Å². The fourth-order valence-corrected chi connectivity index (χ4v) is 3.14. The lowest BCUT2D eigenvalue weighted by molar-refractivity contribution is 0.0523. The number of ether oxygens (including phenoxy) is 2. The number of nitrogen functional groups attached to an aromatic ring is 1. The monoisotopic (exact) mass is 392 g/mol. The summed E-state index contributed by atoms with van der Waals surface area (Å²) in [5.74, 6) is 0.704. The van der Waals surface area contributed by atoms with Gasteiger partial charge in [-0.05, 0) is 55.3 Å². The van der Waals surface area contributed by atoms with Crippen LogP contribution < -0.4 is 15.8 Å². The van der Waals surface area contributed by atoms with Crippen molar-refractivity contribution in [3.8, 4) is 5.75 Å². The summed E-state index contributed by atoms with van der Waals surface area (Å²) in [6, 6.07) is 20.1. The maximum absolute atomic E-state index is 11.9. The second-order valence-corrected chi connectivity index (χ2v) is 7.96. The molecule has 0 spiro atoms. The van der Waals surface area contributed by atoms with Crippen LogP contribution in [0.1, 0.15) is 31.9 Å². The number of nitrogens with two attached hydrogens (primary N) is 1. The molecular formula is C24H28N2O3. The van der Waals surface area contributed by atoms with Crippen LogP contribution in [0.25, 0.3) is 10.8 Å². The van der Waals surface area contributed by atoms with Gasteiger partial charge in [-0.25, -0.2) is 4.79 Å². The van der Waals surface area contributed by atoms with Crippen LogP contribution >= 0.6 is 0 Å². The molecule has 5 heteroatoms. The Labute approximate surface area is 171 Å². The maximum atomic E-state index is 11.9. The minimum absolute atomic E-state index is 0.281. The standard InChI is InChI=1S/C24H28N2O3/c1-24(2,3)29-23(27)26-16-19-15-20(25)11-12-22(19)28-14-13-18-9-6-8-17-7-4-5-10-21(17)18/h4-12,15H,13-14,16,25H2,1-3H3,(H,26,27). The van der Waals surface area contributed by atoms with Gasteiger partial charge < -0.3 is 20.5 Å². The maximum Gasteiger partial charge on any atom is 0.407 e. The van der Waals surface area contributed by atoms with Gasteiger partial charge in [0.15, 0.2) is 0 Å². The second-order valence-electron chi connectivity index (χ2n) is 7.96. The zero-order chi connectivity index (χ0) is 20.9. The normalized spacial score (nSPS) is 11.3. The van der Waals surface area contributed by atoms with Gasteiger partial charge in [0.25, 0.3) is 0 Å². The van der Waals surface area contributed by atoms with E-state index in [-0.39, 0.29) is 6.54 Å². The molecule has 3 N–H and O–H groups in total. The number of benzene rings is 3. The molecule has 0 aliphatic heterocycles. The van der Waals surface area contributed by atoms with E-state index in [4.69, 9.17) is 15.2 Å². The number of fused-ring (bicyclic) bond motifs is 1. The van der Waals surface area contributed by atoms with E-state index in [1.54, 1.807) is 6.07 Å². The van der Waals surface area contributed by atoms with Gasteiger partial charge in [-0.2, -0.15) is 0 Å². The van der Waals surface area contributed by atoms with E-state index < -0.39 is 11.7 Å². The molecule has 0 unspecified atom stereocenters. The number of rotatable bonds is 6. The van der Waals surface area contributed by atoms with Crippen LogP contribution in [0.2, 0.25) is 0 Å². The number of carbonyl (C=O) groups is 1. The van der Waals surface area contributed by atoms with Crippen molar-refractivity contribution in [3.05, 3.63) is 71.8 Å². The third-order valence-electron chi connectivity index (χ3n) is 4.42. The average Bonchev–Trinajstić information content (AvgIpc) is 2.66. The third kappa shape index (κ3) is 5.88. The zero-order valence-electron chi connectivity index (χ0n) is 17.2. The van der Waals surface area contributed by atoms with Crippen LogP contribution in [0.3, 0.4) is 0 Å². The molecule has 3 rings (SSSR count). The van der Waals surface area contributed by atoms with E-state index in [0.29, 0.717) is 18.0 Å². The number of hydrogen-bond acceptors (Lipinski definition) is 4. The number of nitrogens with one attached hydrogen (secondary N) is 1. The first-order valence-corrected chi connectivity index (χ1v) is 9.76. The van der Waals surface area contributed by atoms with E-state index in [0.717, 1.165) is 12.0 Å². The van der Waals surface area contributed by atoms with Gasteiger partial charge in [0, 0.05) is 24.2 Å². The molecule has 0 heterocycles. The van der Waals surface area contributed by atoms with Crippen molar-refractivity contribution in [2.45, 2.75) is 39.3 Å². The highest BCUT2D eigenvalue weighted by atomic mass is 16.6. The Kier molecular flexibility index (Phi) is 6.27. The molecule has 0 atom stereocenters. The molecule has 0 bridgehead atoms. The highest BCUT2D eigenvalue weighted by Crippen LogP contribution is 2.23. The molecular weight excluding hydrogens is 364 g/mol. The fraction of sp³-hybridized carbons (Fsp3) is 0.292. The van der Waals surface area contributed by atoms with E-state index in [2.05, 4.69) is 35.6 Å². The molecule has 1 amide bonds. The number of carbonyl (C=O) groups excluding carboxylic acids is 1. The van der Waals surface area contributed by atoms with Crippen LogP contribution in [-0.2, 0) is 17.7 Å². The van der Waals surface area contributed by atoms with E-state index in [1.165, 1.54) is 16.3 Å². The summed E-state index contributed by atoms with van der Waals surface area (Å²) < 4.78 is 11.3. The van der Waals surface area contributed by atoms with Crippen molar-refractivity contribution < 1.29 is 14.3 Å². The van der Waals surface area contributed by atoms with Gasteiger partial charge in [0.05, 0.1) is 6.61 Å². The molecule has 0 fully saturated rings. The Morgan fingerprint density at radius 2 is 1.76 bits per heavy atom. The summed E-state index contributed by atoms with van der Waals surface area (Å²) in [5, 5.41) is 5.22. The minimum Gasteiger partial charge on any atom is -0.493 e. The Balaban J connectivity index is 1.64. The minimum atomic E-state index is -0.544. The Bertz CT molecular complexity index is 988. The second kappa shape index (κ2) is 8.86. The Morgan fingerprint density at radius 1 is 1.00 bits per heavy atom. The van der Waals surface area contributed by atoms with Gasteiger partial charge in [0.2, 0.25) is 0 Å². The van der Waals surface area contributed by atoms with Gasteiger partial charge in [-0.3, -0.25) is 0 Å². The van der Waals surface area contributed by atoms with Crippen LogP contribution in [0.4, 0.5) is 10.5 Å². The molecule has 0 aromatic heterocycles. The average molecular weight is 392 g/mol. The predicted octanol–water partition coefficient (Wildman–Crippen LogP) is 5.07. The SMILES string of the molecule is CC(C)(C)OC(=O)NCc1cc(N)ccc1OCCc1cccc2ccccc12. The van der Waals surface area contributed by atoms with Gasteiger partial charge in [-0.15, -0.1) is 0 Å². The predicted molar refractivity (Wildman–Crippen MR) is 117 cm³/mol. The van der Waals surface area contributed by atoms with Crippen LogP contribution in [-0.4, -0.2) is 18.3 Å². The Hall–Kier alpha value is -3.21. The van der Waals surface area contributed by atoms with E-state index in [1.807, 2.05) is 45.0 Å². The number of hydrogen-bond donors (Lipinski definition) is 2. The molecule has 0 saturated carbocycles. The lowest BCUT2D eigenvalue weighted by Gasteiger charge is -2.20. The molecule has 0 aliphatic carbocycles. The van der Waals surface area contributed by atoms with Crippen molar-refractivity contribution in [1.29, 1.82) is 0 Å². The lowest BCUT2D eigenvalue weighted by Crippen LogP contribution is -2.32. The largest absolute Gasteiger partial charge is 0.493 e. The van der Waals surface area contributed by atoms with E-state index in [9.17, 15) is 4.79 Å². The number of alkyl carbamates (subject to hydrolysis) is 1. The van der Waals surface area contributed by atoms with Crippen molar-refractivity contribution in [2.75, 3.05) is 12.3 Å². The van der Waals surface area contributed by atoms with Gasteiger partial charge in [-0.1, -0.05) is 42.5 Å². The first kappa shape index (κ1) is 20.5. The zero-order valence-corrected chi connectivity index (χ0v) is 17.2. The fourth-order valence-electron chi connectivity index (χ4n) is 3.14. The topological polar surface area (TPSA) is 73.6 Å². The van der Waals surface area contributed by atoms with Crippen LogP contribution in [0, 0.1) is 0 Å². The molecule has 5 nitrogen and oxygen atoms in total. The van der Waals surface area contributed by atoms with Gasteiger partial charge >= 0.3 is 6.09 Å². The molecule has 3 aromatic carbocycles. The highest BCUT2D eigenvalue weighted by Gasteiger charge is 2.16. The summed E-state index contributed by atoms with van der Waals surface area (Å²) in [6.07, 6.45) is 0.312. The summed E-state index contributed by atoms with van der Waals surface area (Å²) in [6.45, 7) is 6.29. The number of anilines is 1. The molecule has 29 heavy (non-hydrogen) atoms. The number of amides is 1. The quantitative estimate of drug-likeness (QED) is 0.575. The summed E-state index contributed by atoms with van der Waals surface area (Å²) in [4.78, 5) is 11.9.